The summed E-state index contributed by atoms with van der Waals surface area (Å²) in [6.07, 6.45) is 10.3. The van der Waals surface area contributed by atoms with Crippen molar-refractivity contribution >= 4 is 5.78 Å². The van der Waals surface area contributed by atoms with E-state index in [9.17, 15) is 4.79 Å². The van der Waals surface area contributed by atoms with Gasteiger partial charge in [0.2, 0.25) is 0 Å². The molecule has 0 fully saturated rings. The van der Waals surface area contributed by atoms with E-state index in [0.29, 0.717) is 11.7 Å². The molecule has 0 saturated heterocycles. The van der Waals surface area contributed by atoms with Gasteiger partial charge in [0.1, 0.15) is 0 Å². The maximum Gasteiger partial charge on any atom is 0.162 e. The molecular formula is C14H22O. The molecule has 0 N–H and O–H groups in total. The summed E-state index contributed by atoms with van der Waals surface area (Å²) < 4.78 is 0. The van der Waals surface area contributed by atoms with Crippen molar-refractivity contribution in [3.05, 3.63) is 23.8 Å². The molecule has 84 valence electrons. The maximum absolute atomic E-state index is 11.9. The summed E-state index contributed by atoms with van der Waals surface area (Å²) in [6, 6.07) is 0. The van der Waals surface area contributed by atoms with Crippen molar-refractivity contribution in [1.82, 2.24) is 0 Å². The molecule has 0 saturated carbocycles. The van der Waals surface area contributed by atoms with Gasteiger partial charge in [-0.25, -0.2) is 0 Å². The highest BCUT2D eigenvalue weighted by atomic mass is 16.1. The highest BCUT2D eigenvalue weighted by molar-refractivity contribution is 5.93. The fourth-order valence-corrected chi connectivity index (χ4v) is 2.24. The molecule has 0 bridgehead atoms. The molecule has 1 rings (SSSR count). The van der Waals surface area contributed by atoms with Gasteiger partial charge in [-0.2, -0.15) is 0 Å². The summed E-state index contributed by atoms with van der Waals surface area (Å²) in [5.74, 6) is 1.12. The van der Waals surface area contributed by atoms with Crippen LogP contribution in [0.15, 0.2) is 23.8 Å². The van der Waals surface area contributed by atoms with Crippen LogP contribution in [-0.4, -0.2) is 5.78 Å². The first-order valence-electron chi connectivity index (χ1n) is 6.00. The van der Waals surface area contributed by atoms with E-state index in [1.54, 1.807) is 6.08 Å². The third kappa shape index (κ3) is 3.65. The second-order valence-corrected chi connectivity index (χ2v) is 4.76. The van der Waals surface area contributed by atoms with Crippen molar-refractivity contribution in [2.45, 2.75) is 46.5 Å². The predicted octanol–water partition coefficient (Wildman–Crippen LogP) is 3.90. The first-order chi connectivity index (χ1) is 7.15. The summed E-state index contributed by atoms with van der Waals surface area (Å²) >= 11 is 0. The Morgan fingerprint density at radius 3 is 2.93 bits per heavy atom. The molecule has 1 unspecified atom stereocenters. The largest absolute Gasteiger partial charge is 0.294 e. The van der Waals surface area contributed by atoms with E-state index in [2.05, 4.69) is 19.9 Å². The van der Waals surface area contributed by atoms with Crippen LogP contribution >= 0.6 is 0 Å². The first-order valence-corrected chi connectivity index (χ1v) is 6.00. The third-order valence-electron chi connectivity index (χ3n) is 2.87. The molecule has 0 amide bonds. The van der Waals surface area contributed by atoms with Gasteiger partial charge >= 0.3 is 0 Å². The molecule has 15 heavy (non-hydrogen) atoms. The zero-order valence-corrected chi connectivity index (χ0v) is 10.1. The van der Waals surface area contributed by atoms with E-state index in [0.717, 1.165) is 25.7 Å². The molecule has 0 aromatic carbocycles. The fraction of sp³-hybridized carbons (Fsp3) is 0.643. The smallest absolute Gasteiger partial charge is 0.162 e. The molecule has 1 aliphatic carbocycles. The van der Waals surface area contributed by atoms with Gasteiger partial charge in [-0.1, -0.05) is 31.6 Å². The fourth-order valence-electron chi connectivity index (χ4n) is 2.24. The average Bonchev–Trinajstić information content (AvgIpc) is 2.18. The van der Waals surface area contributed by atoms with Crippen molar-refractivity contribution < 1.29 is 4.79 Å². The quantitative estimate of drug-likeness (QED) is 0.503. The molecule has 0 aromatic heterocycles. The number of rotatable bonds is 4. The number of carbonyl (C=O) groups is 1. The third-order valence-corrected chi connectivity index (χ3v) is 2.87. The van der Waals surface area contributed by atoms with E-state index in [-0.39, 0.29) is 5.92 Å². The highest BCUT2D eigenvalue weighted by Crippen LogP contribution is 2.30. The van der Waals surface area contributed by atoms with Crippen LogP contribution in [0.4, 0.5) is 0 Å². The maximum atomic E-state index is 11.9. The van der Waals surface area contributed by atoms with Crippen LogP contribution < -0.4 is 0 Å². The van der Waals surface area contributed by atoms with E-state index in [4.69, 9.17) is 0 Å². The van der Waals surface area contributed by atoms with E-state index >= 15 is 0 Å². The molecule has 0 heterocycles. The van der Waals surface area contributed by atoms with Crippen LogP contribution in [0.5, 0.6) is 0 Å². The topological polar surface area (TPSA) is 17.1 Å². The normalized spacial score (nSPS) is 22.1. The lowest BCUT2D eigenvalue weighted by Crippen LogP contribution is -2.18. The zero-order chi connectivity index (χ0) is 11.3. The zero-order valence-electron chi connectivity index (χ0n) is 10.1. The van der Waals surface area contributed by atoms with Gasteiger partial charge in [-0.3, -0.25) is 4.79 Å². The van der Waals surface area contributed by atoms with Gasteiger partial charge in [-0.05, 0) is 44.6 Å². The predicted molar refractivity (Wildman–Crippen MR) is 64.7 cm³/mol. The Morgan fingerprint density at radius 1 is 1.60 bits per heavy atom. The number of ketones is 1. The molecule has 0 spiro atoms. The Morgan fingerprint density at radius 2 is 2.33 bits per heavy atom. The molecule has 0 aliphatic heterocycles. The van der Waals surface area contributed by atoms with Crippen LogP contribution in [-0.2, 0) is 4.79 Å². The van der Waals surface area contributed by atoms with Gasteiger partial charge in [-0.15, -0.1) is 0 Å². The second-order valence-electron chi connectivity index (χ2n) is 4.76. The number of hydrogen-bond acceptors (Lipinski definition) is 1. The average molecular weight is 206 g/mol. The Bertz CT molecular complexity index is 271. The second kappa shape index (κ2) is 5.89. The van der Waals surface area contributed by atoms with Crippen LogP contribution in [0.2, 0.25) is 0 Å². The summed E-state index contributed by atoms with van der Waals surface area (Å²) in [7, 11) is 0. The van der Waals surface area contributed by atoms with Crippen molar-refractivity contribution in [3.8, 4) is 0 Å². The SMILES string of the molecule is C/C=C/C(=O)C1CCCC=C1CC(C)C. The van der Waals surface area contributed by atoms with Crippen molar-refractivity contribution in [3.63, 3.8) is 0 Å². The van der Waals surface area contributed by atoms with E-state index < -0.39 is 0 Å². The van der Waals surface area contributed by atoms with Crippen molar-refractivity contribution in [1.29, 1.82) is 0 Å². The van der Waals surface area contributed by atoms with Crippen LogP contribution in [0.1, 0.15) is 46.5 Å². The monoisotopic (exact) mass is 206 g/mol. The molecular weight excluding hydrogens is 184 g/mol. The van der Waals surface area contributed by atoms with E-state index in [1.807, 2.05) is 13.0 Å². The molecule has 0 aromatic rings. The highest BCUT2D eigenvalue weighted by Gasteiger charge is 2.23. The lowest BCUT2D eigenvalue weighted by molar-refractivity contribution is -0.117. The Balaban J connectivity index is 2.72. The molecule has 1 aliphatic rings. The van der Waals surface area contributed by atoms with Gasteiger partial charge in [0, 0.05) is 5.92 Å². The van der Waals surface area contributed by atoms with Crippen LogP contribution in [0.25, 0.3) is 0 Å². The minimum absolute atomic E-state index is 0.178. The Hall–Kier alpha value is -0.850. The summed E-state index contributed by atoms with van der Waals surface area (Å²) in [6.45, 7) is 6.34. The van der Waals surface area contributed by atoms with Crippen molar-refractivity contribution in [2.24, 2.45) is 11.8 Å². The van der Waals surface area contributed by atoms with Gasteiger partial charge < -0.3 is 0 Å². The standard InChI is InChI=1S/C14H22O/c1-4-7-14(15)13-9-6-5-8-12(13)10-11(2)3/h4,7-8,11,13H,5-6,9-10H2,1-3H3/b7-4+. The molecule has 1 atom stereocenters. The van der Waals surface area contributed by atoms with Crippen molar-refractivity contribution in [2.75, 3.05) is 0 Å². The van der Waals surface area contributed by atoms with Gasteiger partial charge in [0.05, 0.1) is 0 Å². The summed E-state index contributed by atoms with van der Waals surface area (Å²) in [5, 5.41) is 0. The first kappa shape index (κ1) is 12.2. The Labute approximate surface area is 93.3 Å². The minimum atomic E-state index is 0.178. The van der Waals surface area contributed by atoms with Gasteiger partial charge in [0.25, 0.3) is 0 Å². The number of allylic oxidation sites excluding steroid dienone is 4. The van der Waals surface area contributed by atoms with Crippen LogP contribution in [0, 0.1) is 11.8 Å². The number of hydrogen-bond donors (Lipinski definition) is 0. The lowest BCUT2D eigenvalue weighted by atomic mass is 9.81. The van der Waals surface area contributed by atoms with E-state index in [1.165, 1.54) is 5.57 Å². The Kier molecular flexibility index (Phi) is 4.80. The minimum Gasteiger partial charge on any atom is -0.294 e. The molecule has 1 heteroatoms. The number of carbonyl (C=O) groups excluding carboxylic acids is 1. The van der Waals surface area contributed by atoms with Crippen LogP contribution in [0.3, 0.4) is 0 Å². The lowest BCUT2D eigenvalue weighted by Gasteiger charge is -2.23. The molecule has 0 radical (unpaired) electrons. The van der Waals surface area contributed by atoms with Gasteiger partial charge in [0.15, 0.2) is 5.78 Å². The summed E-state index contributed by atoms with van der Waals surface area (Å²) in [4.78, 5) is 11.9. The summed E-state index contributed by atoms with van der Waals surface area (Å²) in [5.41, 5.74) is 1.37. The molecule has 1 nitrogen and oxygen atoms in total.